The predicted molar refractivity (Wildman–Crippen MR) is 65.4 cm³/mol. The van der Waals surface area contributed by atoms with Crippen molar-refractivity contribution in [1.82, 2.24) is 5.32 Å². The molecule has 4 nitrogen and oxygen atoms in total. The fraction of sp³-hybridized carbons (Fsp3) is 1.00. The highest BCUT2D eigenvalue weighted by molar-refractivity contribution is 7.92. The Hall–Kier alpha value is -0.130. The van der Waals surface area contributed by atoms with E-state index in [2.05, 4.69) is 5.32 Å². The third-order valence-electron chi connectivity index (χ3n) is 3.20. The van der Waals surface area contributed by atoms with E-state index >= 15 is 0 Å². The van der Waals surface area contributed by atoms with Crippen LogP contribution in [0.25, 0.3) is 0 Å². The molecule has 1 aliphatic rings. The molecule has 96 valence electrons. The van der Waals surface area contributed by atoms with Crippen LogP contribution in [-0.2, 0) is 14.6 Å². The molecular weight excluding hydrogens is 226 g/mol. The molecule has 0 radical (unpaired) electrons. The minimum absolute atomic E-state index is 0.254. The van der Waals surface area contributed by atoms with Gasteiger partial charge in [-0.05, 0) is 33.1 Å². The summed E-state index contributed by atoms with van der Waals surface area (Å²) in [6.07, 6.45) is 4.97. The number of rotatable bonds is 5. The van der Waals surface area contributed by atoms with Crippen LogP contribution in [0.15, 0.2) is 0 Å². The molecule has 1 rings (SSSR count). The highest BCUT2D eigenvalue weighted by Crippen LogP contribution is 2.15. The van der Waals surface area contributed by atoms with Crippen LogP contribution in [0.1, 0.15) is 33.1 Å². The number of hydrogen-bond donors (Lipinski definition) is 1. The molecule has 0 bridgehead atoms. The standard InChI is InChI=1S/C11H23NO3S/c1-11(2,16(3,13)14)9-12-8-10-6-4-5-7-15-10/h10,12H,4-9H2,1-3H3. The monoisotopic (exact) mass is 249 g/mol. The van der Waals surface area contributed by atoms with E-state index in [0.29, 0.717) is 6.54 Å². The molecule has 0 spiro atoms. The summed E-state index contributed by atoms with van der Waals surface area (Å²) >= 11 is 0. The minimum atomic E-state index is -3.01. The van der Waals surface area contributed by atoms with Crippen molar-refractivity contribution in [3.63, 3.8) is 0 Å². The van der Waals surface area contributed by atoms with Gasteiger partial charge in [0.15, 0.2) is 9.84 Å². The van der Waals surface area contributed by atoms with E-state index in [-0.39, 0.29) is 6.10 Å². The maximum absolute atomic E-state index is 11.5. The van der Waals surface area contributed by atoms with Gasteiger partial charge in [-0.15, -0.1) is 0 Å². The quantitative estimate of drug-likeness (QED) is 0.789. The highest BCUT2D eigenvalue weighted by Gasteiger charge is 2.29. The Morgan fingerprint density at radius 3 is 2.56 bits per heavy atom. The Morgan fingerprint density at radius 1 is 1.38 bits per heavy atom. The molecule has 0 aromatic rings. The molecule has 1 fully saturated rings. The van der Waals surface area contributed by atoms with Crippen molar-refractivity contribution < 1.29 is 13.2 Å². The lowest BCUT2D eigenvalue weighted by Crippen LogP contribution is -2.44. The highest BCUT2D eigenvalue weighted by atomic mass is 32.2. The van der Waals surface area contributed by atoms with Gasteiger partial charge in [0, 0.05) is 26.0 Å². The molecule has 1 atom stereocenters. The number of sulfone groups is 1. The molecule has 0 aromatic heterocycles. The summed E-state index contributed by atoms with van der Waals surface area (Å²) in [7, 11) is -3.01. The third kappa shape index (κ3) is 4.03. The largest absolute Gasteiger partial charge is 0.377 e. The number of hydrogen-bond acceptors (Lipinski definition) is 4. The van der Waals surface area contributed by atoms with Gasteiger partial charge in [-0.3, -0.25) is 0 Å². The minimum Gasteiger partial charge on any atom is -0.377 e. The normalized spacial score (nSPS) is 23.3. The molecule has 16 heavy (non-hydrogen) atoms. The average molecular weight is 249 g/mol. The fourth-order valence-electron chi connectivity index (χ4n) is 1.63. The lowest BCUT2D eigenvalue weighted by atomic mass is 10.1. The van der Waals surface area contributed by atoms with Crippen molar-refractivity contribution >= 4 is 9.84 Å². The molecule has 1 N–H and O–H groups in total. The van der Waals surface area contributed by atoms with E-state index in [9.17, 15) is 8.42 Å². The second kappa shape index (κ2) is 5.47. The van der Waals surface area contributed by atoms with Crippen molar-refractivity contribution in [1.29, 1.82) is 0 Å². The van der Waals surface area contributed by atoms with E-state index in [1.165, 1.54) is 12.7 Å². The molecule has 0 amide bonds. The summed E-state index contributed by atoms with van der Waals surface area (Å²) in [5, 5.41) is 3.20. The van der Waals surface area contributed by atoms with Gasteiger partial charge in [0.25, 0.3) is 0 Å². The second-order valence-electron chi connectivity index (χ2n) is 5.15. The molecule has 1 aliphatic heterocycles. The summed E-state index contributed by atoms with van der Waals surface area (Å²) in [6.45, 7) is 5.56. The molecule has 0 aliphatic carbocycles. The molecule has 1 heterocycles. The Bertz CT molecular complexity index is 305. The smallest absolute Gasteiger partial charge is 0.153 e. The van der Waals surface area contributed by atoms with Crippen LogP contribution in [-0.4, -0.2) is 45.2 Å². The molecule has 1 unspecified atom stereocenters. The maximum atomic E-state index is 11.5. The zero-order valence-electron chi connectivity index (χ0n) is 10.5. The lowest BCUT2D eigenvalue weighted by Gasteiger charge is -2.26. The van der Waals surface area contributed by atoms with Gasteiger partial charge >= 0.3 is 0 Å². The molecular formula is C11H23NO3S. The van der Waals surface area contributed by atoms with Crippen LogP contribution in [0.4, 0.5) is 0 Å². The Balaban J connectivity index is 2.29. The van der Waals surface area contributed by atoms with Gasteiger partial charge in [-0.2, -0.15) is 0 Å². The topological polar surface area (TPSA) is 55.4 Å². The second-order valence-corrected chi connectivity index (χ2v) is 7.80. The van der Waals surface area contributed by atoms with Crippen molar-refractivity contribution in [3.8, 4) is 0 Å². The Labute approximate surface area is 98.7 Å². The van der Waals surface area contributed by atoms with Crippen LogP contribution >= 0.6 is 0 Å². The van der Waals surface area contributed by atoms with E-state index in [4.69, 9.17) is 4.74 Å². The summed E-state index contributed by atoms with van der Waals surface area (Å²) in [5.74, 6) is 0. The molecule has 0 saturated carbocycles. The summed E-state index contributed by atoms with van der Waals surface area (Å²) in [6, 6.07) is 0. The van der Waals surface area contributed by atoms with E-state index < -0.39 is 14.6 Å². The van der Waals surface area contributed by atoms with Crippen molar-refractivity contribution in [2.75, 3.05) is 26.0 Å². The van der Waals surface area contributed by atoms with Crippen LogP contribution in [0.5, 0.6) is 0 Å². The number of ether oxygens (including phenoxy) is 1. The van der Waals surface area contributed by atoms with Crippen molar-refractivity contribution in [2.45, 2.75) is 44.0 Å². The average Bonchev–Trinajstić information content (AvgIpc) is 2.17. The van der Waals surface area contributed by atoms with Gasteiger partial charge in [0.05, 0.1) is 10.9 Å². The summed E-state index contributed by atoms with van der Waals surface area (Å²) in [5.41, 5.74) is 0. The van der Waals surface area contributed by atoms with E-state index in [1.54, 1.807) is 13.8 Å². The third-order valence-corrected chi connectivity index (χ3v) is 5.35. The van der Waals surface area contributed by atoms with Crippen LogP contribution < -0.4 is 5.32 Å². The van der Waals surface area contributed by atoms with E-state index in [1.807, 2.05) is 0 Å². The maximum Gasteiger partial charge on any atom is 0.153 e. The van der Waals surface area contributed by atoms with Gasteiger partial charge in [0.2, 0.25) is 0 Å². The van der Waals surface area contributed by atoms with E-state index in [0.717, 1.165) is 26.0 Å². The van der Waals surface area contributed by atoms with Gasteiger partial charge in [-0.25, -0.2) is 8.42 Å². The molecule has 0 aromatic carbocycles. The molecule has 1 saturated heterocycles. The zero-order valence-corrected chi connectivity index (χ0v) is 11.3. The Kier molecular flexibility index (Phi) is 4.76. The van der Waals surface area contributed by atoms with Crippen molar-refractivity contribution in [3.05, 3.63) is 0 Å². The molecule has 5 heteroatoms. The first-order valence-electron chi connectivity index (χ1n) is 5.85. The summed E-state index contributed by atoms with van der Waals surface area (Å²) in [4.78, 5) is 0. The number of nitrogens with one attached hydrogen (secondary N) is 1. The lowest BCUT2D eigenvalue weighted by molar-refractivity contribution is 0.0168. The first-order valence-corrected chi connectivity index (χ1v) is 7.74. The fourth-order valence-corrected chi connectivity index (χ4v) is 2.00. The van der Waals surface area contributed by atoms with Crippen LogP contribution in [0.2, 0.25) is 0 Å². The van der Waals surface area contributed by atoms with Gasteiger partial charge in [0.1, 0.15) is 0 Å². The van der Waals surface area contributed by atoms with Gasteiger partial charge < -0.3 is 10.1 Å². The van der Waals surface area contributed by atoms with Crippen LogP contribution in [0.3, 0.4) is 0 Å². The first-order chi connectivity index (χ1) is 7.33. The van der Waals surface area contributed by atoms with Crippen LogP contribution in [0, 0.1) is 0 Å². The first kappa shape index (κ1) is 13.9. The zero-order chi connectivity index (χ0) is 12.2. The van der Waals surface area contributed by atoms with Crippen molar-refractivity contribution in [2.24, 2.45) is 0 Å². The predicted octanol–water partition coefficient (Wildman–Crippen LogP) is 0.968. The Morgan fingerprint density at radius 2 is 2.06 bits per heavy atom. The summed E-state index contributed by atoms with van der Waals surface area (Å²) < 4.78 is 27.8. The van der Waals surface area contributed by atoms with Gasteiger partial charge in [-0.1, -0.05) is 0 Å². The SMILES string of the molecule is CC(C)(CNCC1CCCCO1)S(C)(=O)=O.